The van der Waals surface area contributed by atoms with Crippen molar-refractivity contribution in [1.29, 1.82) is 0 Å². The number of carboxylic acids is 1. The Balaban J connectivity index is 1.94. The van der Waals surface area contributed by atoms with Crippen LogP contribution in [-0.4, -0.2) is 22.7 Å². The third-order valence-corrected chi connectivity index (χ3v) is 5.04. The van der Waals surface area contributed by atoms with Gasteiger partial charge >= 0.3 is 5.97 Å². The Morgan fingerprint density at radius 2 is 1.93 bits per heavy atom. The Kier molecular flexibility index (Phi) is 5.76. The van der Waals surface area contributed by atoms with Crippen LogP contribution in [0.25, 0.3) is 11.3 Å². The SMILES string of the molecule is CCOc1ccc(Nc2nc(-c3cc(C)ccc3C)c(CC(=O)O)s2)cc1. The van der Waals surface area contributed by atoms with Gasteiger partial charge in [0.2, 0.25) is 0 Å². The maximum absolute atomic E-state index is 11.3. The molecule has 0 atom stereocenters. The number of rotatable bonds is 7. The monoisotopic (exact) mass is 382 g/mol. The maximum Gasteiger partial charge on any atom is 0.308 e. The second-order valence-corrected chi connectivity index (χ2v) is 7.35. The molecule has 0 spiro atoms. The fourth-order valence-corrected chi connectivity index (χ4v) is 3.78. The summed E-state index contributed by atoms with van der Waals surface area (Å²) in [6.07, 6.45) is -0.0503. The minimum atomic E-state index is -0.863. The number of aliphatic carboxylic acids is 1. The molecule has 0 saturated carbocycles. The molecule has 6 heteroatoms. The van der Waals surface area contributed by atoms with Crippen molar-refractivity contribution in [2.75, 3.05) is 11.9 Å². The summed E-state index contributed by atoms with van der Waals surface area (Å²) in [5.74, 6) is -0.0531. The van der Waals surface area contributed by atoms with Gasteiger partial charge in [-0.15, -0.1) is 11.3 Å². The van der Waals surface area contributed by atoms with Crippen LogP contribution in [0.4, 0.5) is 10.8 Å². The van der Waals surface area contributed by atoms with Gasteiger partial charge in [0.1, 0.15) is 5.75 Å². The molecular weight excluding hydrogens is 360 g/mol. The lowest BCUT2D eigenvalue weighted by molar-refractivity contribution is -0.136. The quantitative estimate of drug-likeness (QED) is 0.588. The number of carboxylic acid groups (broad SMARTS) is 1. The minimum absolute atomic E-state index is 0.0503. The molecule has 0 aliphatic heterocycles. The molecule has 2 N–H and O–H groups in total. The Hall–Kier alpha value is -2.86. The number of aromatic nitrogens is 1. The average molecular weight is 382 g/mol. The van der Waals surface area contributed by atoms with Crippen molar-refractivity contribution >= 4 is 28.1 Å². The fraction of sp³-hybridized carbons (Fsp3) is 0.238. The van der Waals surface area contributed by atoms with E-state index in [2.05, 4.69) is 11.4 Å². The smallest absolute Gasteiger partial charge is 0.308 e. The van der Waals surface area contributed by atoms with Gasteiger partial charge < -0.3 is 15.2 Å². The molecule has 27 heavy (non-hydrogen) atoms. The van der Waals surface area contributed by atoms with Gasteiger partial charge in [0.05, 0.1) is 18.7 Å². The zero-order valence-electron chi connectivity index (χ0n) is 15.6. The first kappa shape index (κ1) is 18.9. The second kappa shape index (κ2) is 8.22. The number of hydrogen-bond acceptors (Lipinski definition) is 5. The summed E-state index contributed by atoms with van der Waals surface area (Å²) in [7, 11) is 0. The van der Waals surface area contributed by atoms with E-state index in [0.29, 0.717) is 11.7 Å². The van der Waals surface area contributed by atoms with Crippen LogP contribution in [0.2, 0.25) is 0 Å². The molecule has 0 unspecified atom stereocenters. The number of hydrogen-bond donors (Lipinski definition) is 2. The molecule has 1 aromatic heterocycles. The minimum Gasteiger partial charge on any atom is -0.494 e. The van der Waals surface area contributed by atoms with E-state index in [1.54, 1.807) is 0 Å². The highest BCUT2D eigenvalue weighted by atomic mass is 32.1. The third-order valence-electron chi connectivity index (χ3n) is 4.07. The molecule has 3 rings (SSSR count). The van der Waals surface area contributed by atoms with E-state index in [4.69, 9.17) is 9.72 Å². The van der Waals surface area contributed by atoms with Crippen molar-refractivity contribution in [3.8, 4) is 17.0 Å². The van der Waals surface area contributed by atoms with E-state index < -0.39 is 5.97 Å². The molecule has 2 aromatic carbocycles. The van der Waals surface area contributed by atoms with Crippen LogP contribution >= 0.6 is 11.3 Å². The van der Waals surface area contributed by atoms with Crippen LogP contribution in [0.3, 0.4) is 0 Å². The van der Waals surface area contributed by atoms with E-state index >= 15 is 0 Å². The van der Waals surface area contributed by atoms with E-state index in [-0.39, 0.29) is 6.42 Å². The zero-order valence-corrected chi connectivity index (χ0v) is 16.4. The van der Waals surface area contributed by atoms with Crippen LogP contribution in [0.15, 0.2) is 42.5 Å². The van der Waals surface area contributed by atoms with E-state index in [9.17, 15) is 9.90 Å². The average Bonchev–Trinajstić information content (AvgIpc) is 3.00. The molecule has 0 amide bonds. The van der Waals surface area contributed by atoms with Crippen molar-refractivity contribution in [2.45, 2.75) is 27.2 Å². The highest BCUT2D eigenvalue weighted by molar-refractivity contribution is 7.16. The Morgan fingerprint density at radius 1 is 1.19 bits per heavy atom. The normalized spacial score (nSPS) is 10.6. The van der Waals surface area contributed by atoms with Gasteiger partial charge in [-0.25, -0.2) is 4.98 Å². The van der Waals surface area contributed by atoms with Crippen molar-refractivity contribution in [2.24, 2.45) is 0 Å². The van der Waals surface area contributed by atoms with Gasteiger partial charge in [0.15, 0.2) is 5.13 Å². The Labute approximate surface area is 162 Å². The highest BCUT2D eigenvalue weighted by Crippen LogP contribution is 2.35. The molecule has 3 aromatic rings. The van der Waals surface area contributed by atoms with E-state index in [1.807, 2.05) is 57.2 Å². The molecule has 5 nitrogen and oxygen atoms in total. The lowest BCUT2D eigenvalue weighted by atomic mass is 10.0. The summed E-state index contributed by atoms with van der Waals surface area (Å²) in [4.78, 5) is 16.8. The van der Waals surface area contributed by atoms with Gasteiger partial charge in [-0.05, 0) is 56.7 Å². The van der Waals surface area contributed by atoms with Gasteiger partial charge in [0, 0.05) is 16.1 Å². The summed E-state index contributed by atoms with van der Waals surface area (Å²) in [6, 6.07) is 13.7. The second-order valence-electron chi connectivity index (χ2n) is 6.26. The van der Waals surface area contributed by atoms with Crippen LogP contribution < -0.4 is 10.1 Å². The number of ether oxygens (including phenoxy) is 1. The standard InChI is InChI=1S/C21H22N2O3S/c1-4-26-16-9-7-15(8-10-16)22-21-23-20(18(27-21)12-19(24)25)17-11-13(2)5-6-14(17)3/h5-11H,4,12H2,1-3H3,(H,22,23)(H,24,25). The molecule has 1 heterocycles. The molecule has 0 aliphatic carbocycles. The van der Waals surface area contributed by atoms with Gasteiger partial charge in [-0.1, -0.05) is 17.7 Å². The Morgan fingerprint density at radius 3 is 2.59 bits per heavy atom. The zero-order chi connectivity index (χ0) is 19.4. The number of benzene rings is 2. The highest BCUT2D eigenvalue weighted by Gasteiger charge is 2.17. The Bertz CT molecular complexity index is 949. The number of aryl methyl sites for hydroxylation is 2. The van der Waals surface area contributed by atoms with Crippen LogP contribution in [-0.2, 0) is 11.2 Å². The molecule has 0 aliphatic rings. The first-order valence-corrected chi connectivity index (χ1v) is 9.57. The van der Waals surface area contributed by atoms with Crippen LogP contribution in [0.5, 0.6) is 5.75 Å². The van der Waals surface area contributed by atoms with Gasteiger partial charge in [0.25, 0.3) is 0 Å². The molecule has 0 radical (unpaired) electrons. The maximum atomic E-state index is 11.3. The summed E-state index contributed by atoms with van der Waals surface area (Å²) in [5.41, 5.74) is 4.77. The van der Waals surface area contributed by atoms with Crippen LogP contribution in [0.1, 0.15) is 22.9 Å². The number of carbonyl (C=O) groups is 1. The predicted octanol–water partition coefficient (Wildman–Crippen LogP) is 5.20. The molecule has 0 saturated heterocycles. The van der Waals surface area contributed by atoms with Crippen molar-refractivity contribution in [1.82, 2.24) is 4.98 Å². The van der Waals surface area contributed by atoms with Crippen molar-refractivity contribution in [3.63, 3.8) is 0 Å². The summed E-state index contributed by atoms with van der Waals surface area (Å²) < 4.78 is 5.45. The summed E-state index contributed by atoms with van der Waals surface area (Å²) in [5, 5.41) is 13.2. The number of anilines is 2. The number of thiazole rings is 1. The topological polar surface area (TPSA) is 71.5 Å². The van der Waals surface area contributed by atoms with Gasteiger partial charge in [-0.2, -0.15) is 0 Å². The largest absolute Gasteiger partial charge is 0.494 e. The lowest BCUT2D eigenvalue weighted by Crippen LogP contribution is -2.00. The number of nitrogens with zero attached hydrogens (tertiary/aromatic N) is 1. The molecule has 140 valence electrons. The fourth-order valence-electron chi connectivity index (χ4n) is 2.79. The molecule has 0 bridgehead atoms. The lowest BCUT2D eigenvalue weighted by Gasteiger charge is -2.06. The predicted molar refractivity (Wildman–Crippen MR) is 109 cm³/mol. The van der Waals surface area contributed by atoms with E-state index in [0.717, 1.165) is 38.7 Å². The number of nitrogens with one attached hydrogen (secondary N) is 1. The summed E-state index contributed by atoms with van der Waals surface area (Å²) in [6.45, 7) is 6.60. The third kappa shape index (κ3) is 4.65. The van der Waals surface area contributed by atoms with Crippen molar-refractivity contribution < 1.29 is 14.6 Å². The molecular formula is C21H22N2O3S. The van der Waals surface area contributed by atoms with Crippen LogP contribution in [0, 0.1) is 13.8 Å². The van der Waals surface area contributed by atoms with Gasteiger partial charge in [-0.3, -0.25) is 4.79 Å². The first-order valence-electron chi connectivity index (χ1n) is 8.75. The molecule has 0 fully saturated rings. The first-order chi connectivity index (χ1) is 13.0. The van der Waals surface area contributed by atoms with Crippen molar-refractivity contribution in [3.05, 3.63) is 58.5 Å². The summed E-state index contributed by atoms with van der Waals surface area (Å²) >= 11 is 1.37. The van der Waals surface area contributed by atoms with E-state index in [1.165, 1.54) is 11.3 Å².